The van der Waals surface area contributed by atoms with Gasteiger partial charge in [0, 0.05) is 19.5 Å². The van der Waals surface area contributed by atoms with Crippen LogP contribution in [0.4, 0.5) is 5.82 Å². The second kappa shape index (κ2) is 10.1. The third-order valence-corrected chi connectivity index (χ3v) is 5.13. The minimum absolute atomic E-state index is 0.0213. The fourth-order valence-electron chi connectivity index (χ4n) is 3.51. The summed E-state index contributed by atoms with van der Waals surface area (Å²) in [5.41, 5.74) is 7.03. The molecule has 1 atom stereocenters. The molecule has 1 fully saturated rings. The maximum absolute atomic E-state index is 13.2. The van der Waals surface area contributed by atoms with Crippen LogP contribution in [0.3, 0.4) is 0 Å². The van der Waals surface area contributed by atoms with Crippen molar-refractivity contribution in [1.82, 2.24) is 15.2 Å². The van der Waals surface area contributed by atoms with Crippen molar-refractivity contribution in [2.24, 2.45) is 0 Å². The molecule has 1 saturated heterocycles. The Morgan fingerprint density at radius 3 is 2.57 bits per heavy atom. The molecule has 8 nitrogen and oxygen atoms in total. The predicted octanol–water partition coefficient (Wildman–Crippen LogP) is 1.32. The second-order valence-corrected chi connectivity index (χ2v) is 7.38. The van der Waals surface area contributed by atoms with Gasteiger partial charge in [-0.3, -0.25) is 9.59 Å². The van der Waals surface area contributed by atoms with Crippen LogP contribution < -0.4 is 11.1 Å². The maximum atomic E-state index is 13.2. The molecule has 1 aliphatic rings. The highest BCUT2D eigenvalue weighted by molar-refractivity contribution is 5.88. The number of aromatic hydroxyl groups is 1. The van der Waals surface area contributed by atoms with Gasteiger partial charge in [-0.2, -0.15) is 0 Å². The van der Waals surface area contributed by atoms with E-state index in [1.807, 2.05) is 0 Å². The molecular formula is C22H26N4O4. The molecule has 2 radical (unpaired) electrons. The first kappa shape index (κ1) is 21.6. The van der Waals surface area contributed by atoms with Crippen molar-refractivity contribution in [2.45, 2.75) is 37.8 Å². The van der Waals surface area contributed by atoms with Crippen LogP contribution in [0.15, 0.2) is 42.5 Å². The number of hydrogen-bond acceptors (Lipinski definition) is 6. The van der Waals surface area contributed by atoms with Crippen LogP contribution in [0.2, 0.25) is 0 Å². The van der Waals surface area contributed by atoms with Gasteiger partial charge in [-0.1, -0.05) is 18.2 Å². The Kier molecular flexibility index (Phi) is 7.24. The first-order valence-corrected chi connectivity index (χ1v) is 9.87. The zero-order valence-corrected chi connectivity index (χ0v) is 16.7. The quantitative estimate of drug-likeness (QED) is 0.634. The summed E-state index contributed by atoms with van der Waals surface area (Å²) in [6.45, 7) is 1.03. The number of ether oxygens (including phenoxy) is 1. The molecule has 2 heterocycles. The van der Waals surface area contributed by atoms with Gasteiger partial charge in [0.25, 0.3) is 0 Å². The summed E-state index contributed by atoms with van der Waals surface area (Å²) in [5, 5.41) is 12.3. The Morgan fingerprint density at radius 1 is 1.23 bits per heavy atom. The smallest absolute Gasteiger partial charge is 0.245 e. The molecule has 0 bridgehead atoms. The van der Waals surface area contributed by atoms with E-state index < -0.39 is 6.04 Å². The van der Waals surface area contributed by atoms with E-state index in [0.717, 1.165) is 5.56 Å². The largest absolute Gasteiger partial charge is 0.508 e. The van der Waals surface area contributed by atoms with E-state index in [1.54, 1.807) is 47.4 Å². The highest BCUT2D eigenvalue weighted by Gasteiger charge is 2.29. The molecule has 0 aliphatic carbocycles. The summed E-state index contributed by atoms with van der Waals surface area (Å²) < 4.78 is 4.88. The third-order valence-electron chi connectivity index (χ3n) is 5.13. The minimum Gasteiger partial charge on any atom is -0.508 e. The lowest BCUT2D eigenvalue weighted by Gasteiger charge is -2.33. The van der Waals surface area contributed by atoms with Crippen molar-refractivity contribution in [3.05, 3.63) is 60.8 Å². The van der Waals surface area contributed by atoms with Crippen LogP contribution in [-0.2, 0) is 27.2 Å². The van der Waals surface area contributed by atoms with Crippen molar-refractivity contribution in [2.75, 3.05) is 18.8 Å². The number of nitrogens with two attached hydrogens (primary N) is 1. The summed E-state index contributed by atoms with van der Waals surface area (Å²) in [4.78, 5) is 31.6. The van der Waals surface area contributed by atoms with E-state index in [2.05, 4.69) is 10.3 Å². The van der Waals surface area contributed by atoms with E-state index in [4.69, 9.17) is 17.6 Å². The number of pyridine rings is 1. The monoisotopic (exact) mass is 410 g/mol. The summed E-state index contributed by atoms with van der Waals surface area (Å²) >= 11 is 0. The Balaban J connectivity index is 1.70. The van der Waals surface area contributed by atoms with Gasteiger partial charge in [0.2, 0.25) is 11.8 Å². The highest BCUT2D eigenvalue weighted by atomic mass is 16.5. The first-order chi connectivity index (χ1) is 14.4. The minimum atomic E-state index is -0.738. The van der Waals surface area contributed by atoms with Crippen LogP contribution in [0.1, 0.15) is 24.1 Å². The Morgan fingerprint density at radius 2 is 1.93 bits per heavy atom. The van der Waals surface area contributed by atoms with Crippen LogP contribution in [0.5, 0.6) is 5.75 Å². The molecule has 1 aromatic carbocycles. The Bertz CT molecular complexity index is 864. The number of piperidine rings is 1. The SMILES string of the molecule is [CH]OC1CCN(C(=O)C(Cc2ccc(O)cc2)NC(=O)Cc2cccc(N)n2)CC1. The fraction of sp³-hybridized carbons (Fsp3) is 0.364. The summed E-state index contributed by atoms with van der Waals surface area (Å²) in [5.74, 6) is 0.00195. The van der Waals surface area contributed by atoms with E-state index >= 15 is 0 Å². The number of aromatic nitrogens is 1. The molecule has 1 aliphatic heterocycles. The van der Waals surface area contributed by atoms with Crippen LogP contribution in [-0.4, -0.2) is 52.0 Å². The van der Waals surface area contributed by atoms with Gasteiger partial charge < -0.3 is 25.8 Å². The normalized spacial score (nSPS) is 15.6. The molecule has 158 valence electrons. The topological polar surface area (TPSA) is 118 Å². The van der Waals surface area contributed by atoms with E-state index in [0.29, 0.717) is 43.9 Å². The molecule has 0 spiro atoms. The average Bonchev–Trinajstić information content (AvgIpc) is 2.74. The number of carbonyl (C=O) groups is 2. The number of likely N-dealkylation sites (tertiary alicyclic amines) is 1. The number of nitrogens with zero attached hydrogens (tertiary/aromatic N) is 2. The van der Waals surface area contributed by atoms with Gasteiger partial charge in [-0.05, 0) is 42.7 Å². The van der Waals surface area contributed by atoms with Crippen molar-refractivity contribution in [3.63, 3.8) is 0 Å². The van der Waals surface area contributed by atoms with Crippen LogP contribution in [0.25, 0.3) is 0 Å². The highest BCUT2D eigenvalue weighted by Crippen LogP contribution is 2.17. The fourth-order valence-corrected chi connectivity index (χ4v) is 3.51. The number of nitrogen functional groups attached to an aromatic ring is 1. The number of anilines is 1. The van der Waals surface area contributed by atoms with Gasteiger partial charge in [0.1, 0.15) is 24.7 Å². The molecule has 1 aromatic heterocycles. The molecule has 0 saturated carbocycles. The second-order valence-electron chi connectivity index (χ2n) is 7.38. The molecule has 30 heavy (non-hydrogen) atoms. The zero-order chi connectivity index (χ0) is 21.5. The standard InChI is InChI=1S/C22H26N4O4/c1-30-18-9-11-26(12-10-18)22(29)19(13-15-5-7-17(27)8-6-15)25-21(28)14-16-3-2-4-20(23)24-16/h1-8,18-19,27H,9-14H2,(H2,23,24)(H,25,28). The van der Waals surface area contributed by atoms with Gasteiger partial charge in [0.05, 0.1) is 18.2 Å². The summed E-state index contributed by atoms with van der Waals surface area (Å²) in [6, 6.07) is 10.9. The number of phenols is 1. The van der Waals surface area contributed by atoms with E-state index in [9.17, 15) is 14.7 Å². The lowest BCUT2D eigenvalue weighted by Crippen LogP contribution is -2.52. The molecule has 8 heteroatoms. The number of amides is 2. The summed E-state index contributed by atoms with van der Waals surface area (Å²) in [7, 11) is 5.25. The van der Waals surface area contributed by atoms with Gasteiger partial charge in [0.15, 0.2) is 0 Å². The number of nitrogens with one attached hydrogen (secondary N) is 1. The maximum Gasteiger partial charge on any atom is 0.245 e. The Labute approximate surface area is 176 Å². The number of benzene rings is 1. The van der Waals surface area contributed by atoms with Gasteiger partial charge >= 0.3 is 0 Å². The van der Waals surface area contributed by atoms with Gasteiger partial charge in [-0.15, -0.1) is 0 Å². The predicted molar refractivity (Wildman–Crippen MR) is 111 cm³/mol. The Hall–Kier alpha value is -3.13. The number of carbonyl (C=O) groups excluding carboxylic acids is 2. The molecule has 2 aromatic rings. The summed E-state index contributed by atoms with van der Waals surface area (Å²) in [6.07, 6.45) is 1.56. The molecule has 3 rings (SSSR count). The van der Waals surface area contributed by atoms with Crippen LogP contribution >= 0.6 is 0 Å². The number of hydrogen-bond donors (Lipinski definition) is 3. The van der Waals surface area contributed by atoms with Crippen molar-refractivity contribution >= 4 is 17.6 Å². The van der Waals surface area contributed by atoms with Crippen molar-refractivity contribution in [3.8, 4) is 5.75 Å². The molecule has 2 amide bonds. The van der Waals surface area contributed by atoms with Gasteiger partial charge in [-0.25, -0.2) is 4.98 Å². The average molecular weight is 410 g/mol. The lowest BCUT2D eigenvalue weighted by molar-refractivity contribution is -0.138. The van der Waals surface area contributed by atoms with Crippen molar-refractivity contribution < 1.29 is 19.4 Å². The van der Waals surface area contributed by atoms with Crippen LogP contribution in [0, 0.1) is 7.11 Å². The molecule has 4 N–H and O–H groups in total. The first-order valence-electron chi connectivity index (χ1n) is 9.87. The third kappa shape index (κ3) is 5.93. The lowest BCUT2D eigenvalue weighted by atomic mass is 10.0. The van der Waals surface area contributed by atoms with E-state index in [-0.39, 0.29) is 30.1 Å². The molecule has 1 unspecified atom stereocenters. The zero-order valence-electron chi connectivity index (χ0n) is 16.7. The number of phenolic OH excluding ortho intramolecular Hbond substituents is 1. The van der Waals surface area contributed by atoms with Crippen molar-refractivity contribution in [1.29, 1.82) is 0 Å². The molecular weight excluding hydrogens is 384 g/mol. The number of rotatable bonds is 7. The van der Waals surface area contributed by atoms with E-state index in [1.165, 1.54) is 0 Å².